The topological polar surface area (TPSA) is 85.0 Å². The van der Waals surface area contributed by atoms with E-state index in [1.54, 1.807) is 25.1 Å². The molecule has 0 radical (unpaired) electrons. The Labute approximate surface area is 146 Å². The number of thioether (sulfide) groups is 1. The van der Waals surface area contributed by atoms with E-state index >= 15 is 0 Å². The minimum Gasteiger partial charge on any atom is -0.491 e. The van der Waals surface area contributed by atoms with Gasteiger partial charge in [-0.25, -0.2) is 4.79 Å². The number of urea groups is 1. The number of rotatable bonds is 5. The SMILES string of the molecule is Cc1ccc(OCCCC(F)(F)F)c(N2C(=O)CSC2=NC(N)=O)c1. The lowest BCUT2D eigenvalue weighted by Crippen LogP contribution is -2.31. The average molecular weight is 375 g/mol. The molecule has 2 N–H and O–H groups in total. The van der Waals surface area contributed by atoms with Crippen LogP contribution in [0.3, 0.4) is 0 Å². The van der Waals surface area contributed by atoms with Crippen molar-refractivity contribution in [3.8, 4) is 5.75 Å². The highest BCUT2D eigenvalue weighted by atomic mass is 32.2. The van der Waals surface area contributed by atoms with Crippen LogP contribution in [0.4, 0.5) is 23.7 Å². The van der Waals surface area contributed by atoms with Gasteiger partial charge in [-0.2, -0.15) is 18.2 Å². The number of amides is 3. The molecule has 6 nitrogen and oxygen atoms in total. The standard InChI is InChI=1S/C15H16F3N3O3S/c1-9-3-4-11(24-6-2-5-15(16,17)18)10(7-9)21-12(22)8-25-14(21)20-13(19)23/h3-4,7H,2,5-6,8H2,1H3,(H2,19,23). The van der Waals surface area contributed by atoms with Crippen LogP contribution in [0.25, 0.3) is 0 Å². The first-order chi connectivity index (χ1) is 11.7. The molecule has 1 aliphatic heterocycles. The normalized spacial score (nSPS) is 16.6. The third kappa shape index (κ3) is 5.38. The smallest absolute Gasteiger partial charge is 0.389 e. The van der Waals surface area contributed by atoms with E-state index in [1.165, 1.54) is 4.90 Å². The van der Waals surface area contributed by atoms with E-state index < -0.39 is 18.6 Å². The number of amidine groups is 1. The first-order valence-electron chi connectivity index (χ1n) is 7.31. The van der Waals surface area contributed by atoms with Gasteiger partial charge in [0.15, 0.2) is 5.17 Å². The summed E-state index contributed by atoms with van der Waals surface area (Å²) in [5.74, 6) is -0.00959. The number of nitrogens with two attached hydrogens (primary N) is 1. The van der Waals surface area contributed by atoms with Crippen LogP contribution in [0.1, 0.15) is 18.4 Å². The van der Waals surface area contributed by atoms with Gasteiger partial charge in [0.2, 0.25) is 5.91 Å². The molecule has 25 heavy (non-hydrogen) atoms. The van der Waals surface area contributed by atoms with Crippen molar-refractivity contribution in [2.45, 2.75) is 25.9 Å². The summed E-state index contributed by atoms with van der Waals surface area (Å²) in [7, 11) is 0. The summed E-state index contributed by atoms with van der Waals surface area (Å²) in [6.45, 7) is 1.63. The van der Waals surface area contributed by atoms with Crippen molar-refractivity contribution in [1.29, 1.82) is 0 Å². The zero-order valence-corrected chi connectivity index (χ0v) is 14.1. The molecule has 1 heterocycles. The van der Waals surface area contributed by atoms with Gasteiger partial charge >= 0.3 is 12.2 Å². The van der Waals surface area contributed by atoms with Crippen LogP contribution in [-0.4, -0.2) is 35.6 Å². The molecule has 1 aromatic rings. The molecule has 0 atom stereocenters. The van der Waals surface area contributed by atoms with E-state index in [9.17, 15) is 22.8 Å². The number of hydrogen-bond acceptors (Lipinski definition) is 4. The van der Waals surface area contributed by atoms with E-state index in [2.05, 4.69) is 4.99 Å². The van der Waals surface area contributed by atoms with Gasteiger partial charge in [0, 0.05) is 6.42 Å². The Kier molecular flexibility index (Phi) is 5.93. The van der Waals surface area contributed by atoms with Crippen molar-refractivity contribution >= 4 is 34.6 Å². The zero-order valence-electron chi connectivity index (χ0n) is 13.3. The fourth-order valence-corrected chi connectivity index (χ4v) is 3.02. The maximum absolute atomic E-state index is 12.2. The van der Waals surface area contributed by atoms with Gasteiger partial charge in [-0.05, 0) is 31.0 Å². The Bertz CT molecular complexity index is 707. The number of primary amides is 1. The van der Waals surface area contributed by atoms with Crippen molar-refractivity contribution in [3.05, 3.63) is 23.8 Å². The second-order valence-electron chi connectivity index (χ2n) is 5.29. The largest absolute Gasteiger partial charge is 0.491 e. The van der Waals surface area contributed by atoms with E-state index in [0.717, 1.165) is 17.3 Å². The monoisotopic (exact) mass is 375 g/mol. The number of ether oxygens (including phenoxy) is 1. The highest BCUT2D eigenvalue weighted by molar-refractivity contribution is 8.15. The Morgan fingerprint density at radius 3 is 2.80 bits per heavy atom. The van der Waals surface area contributed by atoms with E-state index in [1.807, 2.05) is 0 Å². The molecule has 136 valence electrons. The van der Waals surface area contributed by atoms with Crippen LogP contribution < -0.4 is 15.4 Å². The second-order valence-corrected chi connectivity index (χ2v) is 6.23. The molecule has 1 aromatic carbocycles. The molecule has 0 aliphatic carbocycles. The number of carbonyl (C=O) groups is 2. The maximum atomic E-state index is 12.2. The van der Waals surface area contributed by atoms with Gasteiger partial charge < -0.3 is 10.5 Å². The third-order valence-electron chi connectivity index (χ3n) is 3.19. The van der Waals surface area contributed by atoms with Crippen molar-refractivity contribution in [3.63, 3.8) is 0 Å². The second kappa shape index (κ2) is 7.77. The van der Waals surface area contributed by atoms with Gasteiger partial charge in [0.05, 0.1) is 18.0 Å². The number of alkyl halides is 3. The summed E-state index contributed by atoms with van der Waals surface area (Å²) in [4.78, 5) is 28.0. The van der Waals surface area contributed by atoms with Crippen LogP contribution in [0.5, 0.6) is 5.75 Å². The fourth-order valence-electron chi connectivity index (χ4n) is 2.15. The third-order valence-corrected chi connectivity index (χ3v) is 4.11. The number of carbonyl (C=O) groups excluding carboxylic acids is 2. The molecule has 0 bridgehead atoms. The lowest BCUT2D eigenvalue weighted by Gasteiger charge is -2.20. The van der Waals surface area contributed by atoms with Gasteiger partial charge in [-0.15, -0.1) is 0 Å². The number of aliphatic imine (C=N–C) groups is 1. The van der Waals surface area contributed by atoms with Crippen LogP contribution in [0.2, 0.25) is 0 Å². The van der Waals surface area contributed by atoms with Crippen LogP contribution in [0.15, 0.2) is 23.2 Å². The number of halogens is 3. The molecule has 10 heteroatoms. The van der Waals surface area contributed by atoms with Gasteiger partial charge in [-0.1, -0.05) is 17.8 Å². The summed E-state index contributed by atoms with van der Waals surface area (Å²) >= 11 is 1.05. The number of anilines is 1. The van der Waals surface area contributed by atoms with Gasteiger partial charge in [0.1, 0.15) is 5.75 Å². The quantitative estimate of drug-likeness (QED) is 0.801. The lowest BCUT2D eigenvalue weighted by atomic mass is 10.2. The predicted octanol–water partition coefficient (Wildman–Crippen LogP) is 3.23. The van der Waals surface area contributed by atoms with Crippen LogP contribution in [0, 0.1) is 6.92 Å². The van der Waals surface area contributed by atoms with Crippen molar-refractivity contribution in [2.75, 3.05) is 17.3 Å². The Morgan fingerprint density at radius 1 is 1.44 bits per heavy atom. The van der Waals surface area contributed by atoms with Crippen LogP contribution >= 0.6 is 11.8 Å². The number of aryl methyl sites for hydroxylation is 1. The van der Waals surface area contributed by atoms with Crippen molar-refractivity contribution < 1.29 is 27.5 Å². The average Bonchev–Trinajstić information content (AvgIpc) is 2.83. The molecule has 2 rings (SSSR count). The summed E-state index contributed by atoms with van der Waals surface area (Å²) in [5, 5.41) is 0.114. The first kappa shape index (κ1) is 19.1. The Hall–Kier alpha value is -2.23. The predicted molar refractivity (Wildman–Crippen MR) is 88.9 cm³/mol. The lowest BCUT2D eigenvalue weighted by molar-refractivity contribution is -0.136. The molecule has 1 aliphatic rings. The molecular weight excluding hydrogens is 359 g/mol. The molecular formula is C15H16F3N3O3S. The molecule has 0 spiro atoms. The van der Waals surface area contributed by atoms with Crippen molar-refractivity contribution in [2.24, 2.45) is 10.7 Å². The van der Waals surface area contributed by atoms with Gasteiger partial charge in [0.25, 0.3) is 0 Å². The minimum absolute atomic E-state index is 0.0770. The summed E-state index contributed by atoms with van der Waals surface area (Å²) in [6.07, 6.45) is -5.41. The van der Waals surface area contributed by atoms with Crippen molar-refractivity contribution in [1.82, 2.24) is 0 Å². The summed E-state index contributed by atoms with van der Waals surface area (Å²) in [5.41, 5.74) is 6.18. The highest BCUT2D eigenvalue weighted by Gasteiger charge is 2.32. The number of hydrogen-bond donors (Lipinski definition) is 1. The first-order valence-corrected chi connectivity index (χ1v) is 8.30. The molecule has 1 fully saturated rings. The molecule has 3 amide bonds. The van der Waals surface area contributed by atoms with Gasteiger partial charge in [-0.3, -0.25) is 9.69 Å². The highest BCUT2D eigenvalue weighted by Crippen LogP contribution is 2.35. The summed E-state index contributed by atoms with van der Waals surface area (Å²) < 4.78 is 42.1. The Morgan fingerprint density at radius 2 is 2.16 bits per heavy atom. The van der Waals surface area contributed by atoms with E-state index in [-0.39, 0.29) is 35.6 Å². The zero-order chi connectivity index (χ0) is 18.6. The number of benzene rings is 1. The molecule has 1 saturated heterocycles. The van der Waals surface area contributed by atoms with Crippen LogP contribution in [-0.2, 0) is 4.79 Å². The maximum Gasteiger partial charge on any atom is 0.389 e. The molecule has 0 unspecified atom stereocenters. The Balaban J connectivity index is 2.23. The van der Waals surface area contributed by atoms with E-state index in [0.29, 0.717) is 5.69 Å². The van der Waals surface area contributed by atoms with E-state index in [4.69, 9.17) is 10.5 Å². The summed E-state index contributed by atoms with van der Waals surface area (Å²) in [6, 6.07) is 3.97. The number of nitrogens with zero attached hydrogens (tertiary/aromatic N) is 2. The fraction of sp³-hybridized carbons (Fsp3) is 0.400. The minimum atomic E-state index is -4.25. The molecule has 0 aromatic heterocycles. The molecule has 0 saturated carbocycles.